The molecule has 1 aromatic rings. The van der Waals surface area contributed by atoms with Crippen molar-refractivity contribution in [2.75, 3.05) is 0 Å². The van der Waals surface area contributed by atoms with Gasteiger partial charge >= 0.3 is 0 Å². The van der Waals surface area contributed by atoms with Gasteiger partial charge in [-0.3, -0.25) is 0 Å². The Kier molecular flexibility index (Phi) is 1.59. The maximum atomic E-state index is 5.84. The number of aromatic nitrogens is 2. The zero-order valence-corrected chi connectivity index (χ0v) is 8.09. The topological polar surface area (TPSA) is 25.8 Å². The molecule has 0 aliphatic heterocycles. The molecule has 0 spiro atoms. The first kappa shape index (κ1) is 7.74. The van der Waals surface area contributed by atoms with E-state index in [1.54, 1.807) is 0 Å². The van der Waals surface area contributed by atoms with Crippen molar-refractivity contribution in [2.24, 2.45) is 5.92 Å². The third-order valence-electron chi connectivity index (χ3n) is 3.34. The van der Waals surface area contributed by atoms with Crippen molar-refractivity contribution in [1.82, 2.24) is 10.2 Å². The van der Waals surface area contributed by atoms with E-state index in [9.17, 15) is 0 Å². The van der Waals surface area contributed by atoms with Crippen molar-refractivity contribution in [3.63, 3.8) is 0 Å². The van der Waals surface area contributed by atoms with Crippen molar-refractivity contribution in [3.8, 4) is 0 Å². The molecule has 68 valence electrons. The summed E-state index contributed by atoms with van der Waals surface area (Å²) in [6.45, 7) is 0. The van der Waals surface area contributed by atoms with Crippen molar-refractivity contribution < 1.29 is 0 Å². The lowest BCUT2D eigenvalue weighted by atomic mass is 9.87. The first-order valence-electron chi connectivity index (χ1n) is 4.85. The molecule has 1 saturated carbocycles. The Morgan fingerprint density at radius 3 is 3.15 bits per heavy atom. The van der Waals surface area contributed by atoms with Gasteiger partial charge in [-0.05, 0) is 49.1 Å². The van der Waals surface area contributed by atoms with Crippen LogP contribution in [0.15, 0.2) is 6.07 Å². The van der Waals surface area contributed by atoms with Crippen LogP contribution in [0.1, 0.15) is 36.4 Å². The van der Waals surface area contributed by atoms with Gasteiger partial charge in [-0.1, -0.05) is 11.6 Å². The van der Waals surface area contributed by atoms with E-state index in [1.807, 2.05) is 6.07 Å². The van der Waals surface area contributed by atoms with Gasteiger partial charge in [0.2, 0.25) is 0 Å². The van der Waals surface area contributed by atoms with Crippen LogP contribution in [0.25, 0.3) is 0 Å². The minimum absolute atomic E-state index is 0.545. The summed E-state index contributed by atoms with van der Waals surface area (Å²) in [4.78, 5) is 0. The predicted molar refractivity (Wildman–Crippen MR) is 50.8 cm³/mol. The molecule has 0 aromatic carbocycles. The molecule has 2 nitrogen and oxygen atoms in total. The average Bonchev–Trinajstić information content (AvgIpc) is 2.51. The van der Waals surface area contributed by atoms with Crippen molar-refractivity contribution in [3.05, 3.63) is 22.5 Å². The predicted octanol–water partition coefficient (Wildman–Crippen LogP) is 2.57. The maximum absolute atomic E-state index is 5.84. The molecule has 3 heteroatoms. The molecule has 0 amide bonds. The molecule has 0 saturated heterocycles. The second-order valence-electron chi connectivity index (χ2n) is 4.15. The van der Waals surface area contributed by atoms with Gasteiger partial charge in [-0.25, -0.2) is 0 Å². The van der Waals surface area contributed by atoms with E-state index >= 15 is 0 Å². The van der Waals surface area contributed by atoms with E-state index < -0.39 is 0 Å². The molecule has 2 bridgehead atoms. The zero-order valence-electron chi connectivity index (χ0n) is 7.33. The second kappa shape index (κ2) is 2.68. The summed E-state index contributed by atoms with van der Waals surface area (Å²) < 4.78 is 0. The van der Waals surface area contributed by atoms with Crippen LogP contribution in [0, 0.1) is 5.92 Å². The summed E-state index contributed by atoms with van der Waals surface area (Å²) in [7, 11) is 0. The monoisotopic (exact) mass is 194 g/mol. The van der Waals surface area contributed by atoms with Crippen LogP contribution >= 0.6 is 11.6 Å². The molecular weight excluding hydrogens is 184 g/mol. The molecule has 1 heterocycles. The smallest absolute Gasteiger partial charge is 0.152 e. The van der Waals surface area contributed by atoms with Crippen LogP contribution in [0.3, 0.4) is 0 Å². The highest BCUT2D eigenvalue weighted by molar-refractivity contribution is 6.29. The summed E-state index contributed by atoms with van der Waals surface area (Å²) in [6.07, 6.45) is 5.14. The Balaban J connectivity index is 2.12. The molecule has 0 N–H and O–H groups in total. The lowest BCUT2D eigenvalue weighted by molar-refractivity contribution is 0.496. The van der Waals surface area contributed by atoms with E-state index in [4.69, 9.17) is 11.6 Å². The quantitative estimate of drug-likeness (QED) is 0.635. The summed E-state index contributed by atoms with van der Waals surface area (Å²) in [5.41, 5.74) is 2.57. The first-order valence-corrected chi connectivity index (χ1v) is 5.22. The molecule has 1 aromatic heterocycles. The largest absolute Gasteiger partial charge is 0.154 e. The fraction of sp³-hybridized carbons (Fsp3) is 0.600. The molecular formula is C10H11ClN2. The minimum Gasteiger partial charge on any atom is -0.154 e. The second-order valence-corrected chi connectivity index (χ2v) is 4.54. The highest BCUT2D eigenvalue weighted by Crippen LogP contribution is 2.45. The van der Waals surface area contributed by atoms with E-state index in [0.717, 1.165) is 18.3 Å². The highest BCUT2D eigenvalue weighted by atomic mass is 35.5. The average molecular weight is 195 g/mol. The van der Waals surface area contributed by atoms with Crippen LogP contribution in [0.5, 0.6) is 0 Å². The number of halogens is 1. The Hall–Kier alpha value is -0.630. The summed E-state index contributed by atoms with van der Waals surface area (Å²) in [5, 5.41) is 8.63. The lowest BCUT2D eigenvalue weighted by Crippen LogP contribution is -2.13. The fourth-order valence-electron chi connectivity index (χ4n) is 2.73. The molecule has 0 radical (unpaired) electrons. The van der Waals surface area contributed by atoms with E-state index in [1.165, 1.54) is 30.5 Å². The summed E-state index contributed by atoms with van der Waals surface area (Å²) in [6, 6.07) is 2.01. The minimum atomic E-state index is 0.545. The molecule has 2 atom stereocenters. The molecule has 1 fully saturated rings. The SMILES string of the molecule is Clc1cc2c(nn1)CC1CCC2C1. The van der Waals surface area contributed by atoms with Gasteiger partial charge < -0.3 is 0 Å². The van der Waals surface area contributed by atoms with Gasteiger partial charge in [0, 0.05) is 0 Å². The number of hydrogen-bond donors (Lipinski definition) is 0. The number of rotatable bonds is 0. The summed E-state index contributed by atoms with van der Waals surface area (Å²) in [5.74, 6) is 1.59. The van der Waals surface area contributed by atoms with Crippen molar-refractivity contribution in [1.29, 1.82) is 0 Å². The number of fused-ring (bicyclic) bond motifs is 4. The Bertz CT molecular complexity index is 351. The molecule has 3 rings (SSSR count). The van der Waals surface area contributed by atoms with Gasteiger partial charge in [0.25, 0.3) is 0 Å². The van der Waals surface area contributed by atoms with Crippen molar-refractivity contribution in [2.45, 2.75) is 31.6 Å². The molecule has 2 aliphatic rings. The van der Waals surface area contributed by atoms with Crippen LogP contribution in [0.4, 0.5) is 0 Å². The number of hydrogen-bond acceptors (Lipinski definition) is 2. The summed E-state index contributed by atoms with van der Waals surface area (Å²) >= 11 is 5.84. The van der Waals surface area contributed by atoms with Gasteiger partial charge in [-0.15, -0.1) is 5.10 Å². The van der Waals surface area contributed by atoms with Crippen molar-refractivity contribution >= 4 is 11.6 Å². The van der Waals surface area contributed by atoms with E-state index in [0.29, 0.717) is 5.15 Å². The standard InChI is InChI=1S/C10H11ClN2/c11-10-5-8-7-2-1-6(3-7)4-9(8)12-13-10/h5-7H,1-4H2. The molecule has 2 aliphatic carbocycles. The van der Waals surface area contributed by atoms with Crippen LogP contribution < -0.4 is 0 Å². The van der Waals surface area contributed by atoms with E-state index in [2.05, 4.69) is 10.2 Å². The maximum Gasteiger partial charge on any atom is 0.152 e. The van der Waals surface area contributed by atoms with Gasteiger partial charge in [-0.2, -0.15) is 5.10 Å². The van der Waals surface area contributed by atoms with Crippen LogP contribution in [-0.2, 0) is 6.42 Å². The van der Waals surface area contributed by atoms with Crippen LogP contribution in [-0.4, -0.2) is 10.2 Å². The first-order chi connectivity index (χ1) is 6.33. The van der Waals surface area contributed by atoms with Crippen LogP contribution in [0.2, 0.25) is 5.15 Å². The molecule has 2 unspecified atom stereocenters. The van der Waals surface area contributed by atoms with Gasteiger partial charge in [0.05, 0.1) is 5.69 Å². The van der Waals surface area contributed by atoms with Gasteiger partial charge in [0.15, 0.2) is 5.15 Å². The third-order valence-corrected chi connectivity index (χ3v) is 3.52. The normalized spacial score (nSPS) is 30.2. The third kappa shape index (κ3) is 1.16. The Labute approximate surface area is 82.3 Å². The molecule has 13 heavy (non-hydrogen) atoms. The number of nitrogens with zero attached hydrogens (tertiary/aromatic N) is 2. The van der Waals surface area contributed by atoms with E-state index in [-0.39, 0.29) is 0 Å². The Morgan fingerprint density at radius 2 is 2.23 bits per heavy atom. The fourth-order valence-corrected chi connectivity index (χ4v) is 2.89. The lowest BCUT2D eigenvalue weighted by Gasteiger charge is -2.20. The van der Waals surface area contributed by atoms with Gasteiger partial charge in [0.1, 0.15) is 0 Å². The highest BCUT2D eigenvalue weighted by Gasteiger charge is 2.33. The Morgan fingerprint density at radius 1 is 1.31 bits per heavy atom. The zero-order chi connectivity index (χ0) is 8.84.